The van der Waals surface area contributed by atoms with Gasteiger partial charge in [-0.2, -0.15) is 0 Å². The molecule has 0 radical (unpaired) electrons. The monoisotopic (exact) mass is 499 g/mol. The minimum atomic E-state index is -0.0809. The third kappa shape index (κ3) is 5.90. The first-order valence-corrected chi connectivity index (χ1v) is 11.8. The maximum atomic E-state index is 13.5. The molecular weight excluding hydrogens is 469 g/mol. The Bertz CT molecular complexity index is 1360. The summed E-state index contributed by atoms with van der Waals surface area (Å²) >= 11 is 0. The van der Waals surface area contributed by atoms with Crippen LogP contribution in [0.2, 0.25) is 0 Å². The molecule has 1 aromatic heterocycles. The summed E-state index contributed by atoms with van der Waals surface area (Å²) in [6.45, 7) is 4.31. The fourth-order valence-corrected chi connectivity index (χ4v) is 4.12. The quantitative estimate of drug-likeness (QED) is 0.262. The number of hydrogen-bond donors (Lipinski definition) is 4. The molecule has 9 heteroatoms. The van der Waals surface area contributed by atoms with Crippen LogP contribution in [-0.4, -0.2) is 41.4 Å². The van der Waals surface area contributed by atoms with E-state index in [1.165, 1.54) is 12.4 Å². The Balaban J connectivity index is 1.83. The van der Waals surface area contributed by atoms with Crippen LogP contribution in [0.15, 0.2) is 66.6 Å². The van der Waals surface area contributed by atoms with Gasteiger partial charge in [-0.25, -0.2) is 9.97 Å². The van der Waals surface area contributed by atoms with Gasteiger partial charge in [0.1, 0.15) is 12.1 Å². The molecule has 3 rings (SSSR count). The number of benzene rings is 2. The number of hydrogen-bond acceptors (Lipinski definition) is 7. The summed E-state index contributed by atoms with van der Waals surface area (Å²) in [7, 11) is 4.27. The number of para-hydroxylation sites is 1. The largest absolute Gasteiger partial charge is 0.397 e. The lowest BCUT2D eigenvalue weighted by Gasteiger charge is -2.21. The molecule has 0 saturated heterocycles. The van der Waals surface area contributed by atoms with E-state index < -0.39 is 0 Å². The van der Waals surface area contributed by atoms with Gasteiger partial charge in [0, 0.05) is 25.5 Å². The Hall–Kier alpha value is -4.16. The van der Waals surface area contributed by atoms with Gasteiger partial charge in [0.15, 0.2) is 0 Å². The Morgan fingerprint density at radius 2 is 1.83 bits per heavy atom. The van der Waals surface area contributed by atoms with E-state index in [0.717, 1.165) is 28.6 Å². The topological polar surface area (TPSA) is 132 Å². The first kappa shape index (κ1) is 26.4. The van der Waals surface area contributed by atoms with Crippen molar-refractivity contribution in [2.45, 2.75) is 13.8 Å². The molecule has 0 fully saturated rings. The number of aromatic nitrogens is 2. The van der Waals surface area contributed by atoms with Gasteiger partial charge in [-0.3, -0.25) is 10.2 Å². The first-order valence-electron chi connectivity index (χ1n) is 11.3. The number of aryl methyl sites for hydroxylation is 2. The second-order valence-electron chi connectivity index (χ2n) is 8.12. The van der Waals surface area contributed by atoms with Crippen LogP contribution in [0, 0.1) is 24.7 Å². The normalized spacial score (nSPS) is 11.4. The summed E-state index contributed by atoms with van der Waals surface area (Å²) in [5, 5.41) is 18.8. The fraction of sp³-hybridized carbons (Fsp3) is 0.148. The van der Waals surface area contributed by atoms with Crippen LogP contribution in [0.5, 0.6) is 0 Å². The lowest BCUT2D eigenvalue weighted by Crippen LogP contribution is -2.28. The smallest absolute Gasteiger partial charge is 0.258 e. The molecule has 0 aliphatic heterocycles. The molecule has 1 atom stereocenters. The number of allylic oxidation sites excluding steroid dienone is 2. The number of rotatable bonds is 9. The van der Waals surface area contributed by atoms with Crippen molar-refractivity contribution in [1.29, 1.82) is 10.8 Å². The van der Waals surface area contributed by atoms with Gasteiger partial charge in [-0.1, -0.05) is 57.8 Å². The number of carbonyl (C=O) groups excluding carboxylic acids is 1. The van der Waals surface area contributed by atoms with Crippen LogP contribution >= 0.6 is 9.24 Å². The highest BCUT2D eigenvalue weighted by molar-refractivity contribution is 7.27. The van der Waals surface area contributed by atoms with Gasteiger partial charge in [0.2, 0.25) is 0 Å². The molecule has 1 amide bonds. The molecule has 1 heterocycles. The van der Waals surface area contributed by atoms with Crippen LogP contribution in [0.3, 0.4) is 0 Å². The zero-order chi connectivity index (χ0) is 26.2. The van der Waals surface area contributed by atoms with Crippen molar-refractivity contribution in [3.63, 3.8) is 0 Å². The maximum absolute atomic E-state index is 13.5. The second kappa shape index (κ2) is 12.0. The highest BCUT2D eigenvalue weighted by Gasteiger charge is 2.19. The van der Waals surface area contributed by atoms with E-state index in [2.05, 4.69) is 24.5 Å². The number of amides is 1. The van der Waals surface area contributed by atoms with Crippen molar-refractivity contribution in [1.82, 2.24) is 9.97 Å². The van der Waals surface area contributed by atoms with Gasteiger partial charge >= 0.3 is 0 Å². The second-order valence-corrected chi connectivity index (χ2v) is 8.67. The first-order chi connectivity index (χ1) is 17.3. The van der Waals surface area contributed by atoms with Gasteiger partial charge in [-0.05, 0) is 42.7 Å². The SMILES string of the molecule is Cc1ccccc1N(C)C(=O)c1c(C)cccc1/C=C/CNc1ncnc(P)c1C(=N)/C(N)=C/C=N. The molecule has 8 nitrogen and oxygen atoms in total. The maximum Gasteiger partial charge on any atom is 0.258 e. The molecule has 0 aliphatic rings. The third-order valence-electron chi connectivity index (χ3n) is 5.66. The highest BCUT2D eigenvalue weighted by atomic mass is 31.0. The third-order valence-corrected chi connectivity index (χ3v) is 6.10. The Labute approximate surface area is 213 Å². The molecule has 2 aromatic carbocycles. The van der Waals surface area contributed by atoms with Crippen LogP contribution in [0.25, 0.3) is 6.08 Å². The summed E-state index contributed by atoms with van der Waals surface area (Å²) in [6.07, 6.45) is 7.57. The molecule has 1 unspecified atom stereocenters. The van der Waals surface area contributed by atoms with E-state index >= 15 is 0 Å². The standard InChI is InChI=1S/C27H30N7OP/c1-17-8-4-5-12-21(17)34(3)27(35)22-18(2)9-6-10-19(22)11-7-15-31-25-23(26(36)33-16-32-25)24(30)20(29)13-14-28/h4-14,16,28,30H,15,29,36H2,1-3H3,(H,31,32,33)/b11-7+,20-13-,28-14?,30-24?. The van der Waals surface area contributed by atoms with Gasteiger partial charge in [0.25, 0.3) is 5.91 Å². The van der Waals surface area contributed by atoms with Crippen molar-refractivity contribution in [3.8, 4) is 0 Å². The highest BCUT2D eigenvalue weighted by Crippen LogP contribution is 2.24. The van der Waals surface area contributed by atoms with Crippen molar-refractivity contribution >= 4 is 50.1 Å². The molecule has 0 aliphatic carbocycles. The van der Waals surface area contributed by atoms with Crippen molar-refractivity contribution in [2.24, 2.45) is 5.73 Å². The molecule has 5 N–H and O–H groups in total. The lowest BCUT2D eigenvalue weighted by molar-refractivity contribution is 0.0992. The molecule has 184 valence electrons. The summed E-state index contributed by atoms with van der Waals surface area (Å²) in [4.78, 5) is 23.5. The van der Waals surface area contributed by atoms with E-state index in [4.69, 9.17) is 16.6 Å². The van der Waals surface area contributed by atoms with Crippen molar-refractivity contribution < 1.29 is 4.79 Å². The summed E-state index contributed by atoms with van der Waals surface area (Å²) in [5.41, 5.74) is 11.3. The van der Waals surface area contributed by atoms with E-state index in [9.17, 15) is 4.79 Å². The molecular formula is C27H30N7OP. The number of carbonyl (C=O) groups is 1. The molecule has 0 spiro atoms. The van der Waals surface area contributed by atoms with Crippen LogP contribution in [0.1, 0.15) is 32.6 Å². The molecule has 0 bridgehead atoms. The number of anilines is 2. The number of nitrogens with two attached hydrogens (primary N) is 1. The fourth-order valence-electron chi connectivity index (χ4n) is 3.78. The van der Waals surface area contributed by atoms with Crippen molar-refractivity contribution in [2.75, 3.05) is 23.8 Å². The van der Waals surface area contributed by atoms with Gasteiger partial charge in [0.05, 0.1) is 28.0 Å². The molecule has 36 heavy (non-hydrogen) atoms. The van der Waals surface area contributed by atoms with Crippen LogP contribution in [0.4, 0.5) is 11.5 Å². The predicted octanol–water partition coefficient (Wildman–Crippen LogP) is 3.86. The number of nitrogens with one attached hydrogen (secondary N) is 3. The summed E-state index contributed by atoms with van der Waals surface area (Å²) < 4.78 is 0. The Kier molecular flexibility index (Phi) is 8.81. The average molecular weight is 500 g/mol. The zero-order valence-corrected chi connectivity index (χ0v) is 21.7. The van der Waals surface area contributed by atoms with Gasteiger partial charge in [-0.15, -0.1) is 0 Å². The zero-order valence-electron chi connectivity index (χ0n) is 20.5. The lowest BCUT2D eigenvalue weighted by atomic mass is 9.99. The van der Waals surface area contributed by atoms with Crippen LogP contribution in [-0.2, 0) is 0 Å². The molecule has 3 aromatic rings. The van der Waals surface area contributed by atoms with E-state index in [-0.39, 0.29) is 17.3 Å². The number of nitrogens with zero attached hydrogens (tertiary/aromatic N) is 3. The minimum Gasteiger partial charge on any atom is -0.397 e. The Morgan fingerprint density at radius 3 is 2.56 bits per heavy atom. The minimum absolute atomic E-state index is 0.0291. The average Bonchev–Trinajstić information content (AvgIpc) is 2.86. The van der Waals surface area contributed by atoms with Gasteiger partial charge < -0.3 is 21.4 Å². The Morgan fingerprint density at radius 1 is 1.11 bits per heavy atom. The van der Waals surface area contributed by atoms with Crippen LogP contribution < -0.4 is 21.4 Å². The summed E-state index contributed by atoms with van der Waals surface area (Å²) in [6, 6.07) is 13.6. The van der Waals surface area contributed by atoms with E-state index in [0.29, 0.717) is 28.9 Å². The van der Waals surface area contributed by atoms with Crippen molar-refractivity contribution in [3.05, 3.63) is 94.5 Å². The summed E-state index contributed by atoms with van der Waals surface area (Å²) in [5.74, 6) is 0.369. The van der Waals surface area contributed by atoms with E-state index in [1.54, 1.807) is 11.9 Å². The molecule has 0 saturated carbocycles. The predicted molar refractivity (Wildman–Crippen MR) is 152 cm³/mol. The van der Waals surface area contributed by atoms with E-state index in [1.807, 2.05) is 68.5 Å².